The van der Waals surface area contributed by atoms with Crippen LogP contribution in [-0.2, 0) is 14.8 Å². The fourth-order valence-corrected chi connectivity index (χ4v) is 4.41. The van der Waals surface area contributed by atoms with Crippen molar-refractivity contribution in [2.75, 3.05) is 6.61 Å². The molecule has 0 aliphatic rings. The van der Waals surface area contributed by atoms with Crippen LogP contribution >= 0.6 is 0 Å². The fourth-order valence-electron chi connectivity index (χ4n) is 3.15. The lowest BCUT2D eigenvalue weighted by molar-refractivity contribution is 0.0491. The maximum absolute atomic E-state index is 12.9. The Bertz CT molecular complexity index is 1230. The minimum Gasteiger partial charge on any atom is -0.460 e. The molecule has 1 unspecified atom stereocenters. The van der Waals surface area contributed by atoms with Gasteiger partial charge in [-0.05, 0) is 57.5 Å². The van der Waals surface area contributed by atoms with Gasteiger partial charge in [-0.3, -0.25) is 4.79 Å². The van der Waals surface area contributed by atoms with Gasteiger partial charge < -0.3 is 9.15 Å². The number of ketones is 1. The van der Waals surface area contributed by atoms with E-state index in [2.05, 4.69) is 4.72 Å². The molecule has 1 N–H and O–H groups in total. The molecule has 0 saturated heterocycles. The molecule has 8 heteroatoms. The lowest BCUT2D eigenvalue weighted by Crippen LogP contribution is -2.27. The van der Waals surface area contributed by atoms with E-state index in [1.165, 1.54) is 25.1 Å². The molecule has 0 saturated carbocycles. The molecule has 1 heterocycles. The second kappa shape index (κ2) is 8.41. The maximum atomic E-state index is 12.9. The van der Waals surface area contributed by atoms with Crippen LogP contribution < -0.4 is 4.72 Å². The van der Waals surface area contributed by atoms with Gasteiger partial charge in [0.2, 0.25) is 15.8 Å². The first-order valence-electron chi connectivity index (χ1n) is 9.47. The summed E-state index contributed by atoms with van der Waals surface area (Å²) in [7, 11) is -3.86. The van der Waals surface area contributed by atoms with Crippen LogP contribution in [0.15, 0.2) is 51.8 Å². The number of rotatable bonds is 7. The molecule has 1 atom stereocenters. The zero-order valence-corrected chi connectivity index (χ0v) is 18.0. The van der Waals surface area contributed by atoms with Crippen molar-refractivity contribution in [3.05, 3.63) is 64.9 Å². The minimum atomic E-state index is -3.86. The van der Waals surface area contributed by atoms with Crippen molar-refractivity contribution >= 4 is 32.7 Å². The Labute approximate surface area is 175 Å². The van der Waals surface area contributed by atoms with Crippen LogP contribution in [-0.4, -0.2) is 26.8 Å². The molecule has 2 aromatic carbocycles. The van der Waals surface area contributed by atoms with Crippen molar-refractivity contribution < 1.29 is 27.2 Å². The van der Waals surface area contributed by atoms with Gasteiger partial charge >= 0.3 is 5.97 Å². The number of hydrogen-bond donors (Lipinski definition) is 1. The Morgan fingerprint density at radius 1 is 1.17 bits per heavy atom. The van der Waals surface area contributed by atoms with E-state index in [1.807, 2.05) is 0 Å². The molecule has 7 nitrogen and oxygen atoms in total. The van der Waals surface area contributed by atoms with E-state index in [-0.39, 0.29) is 23.0 Å². The zero-order valence-electron chi connectivity index (χ0n) is 17.2. The largest absolute Gasteiger partial charge is 0.460 e. The molecule has 0 spiro atoms. The van der Waals surface area contributed by atoms with Gasteiger partial charge in [-0.15, -0.1) is 0 Å². The lowest BCUT2D eigenvalue weighted by atomic mass is 10.0. The summed E-state index contributed by atoms with van der Waals surface area (Å²) in [5.74, 6) is -0.623. The van der Waals surface area contributed by atoms with E-state index in [9.17, 15) is 18.0 Å². The van der Waals surface area contributed by atoms with Crippen molar-refractivity contribution in [3.8, 4) is 0 Å². The number of Topliss-reactive ketones (excluding diaryl/α,β-unsaturated/α-hetero) is 1. The number of hydrogen-bond acceptors (Lipinski definition) is 6. The topological polar surface area (TPSA) is 103 Å². The van der Waals surface area contributed by atoms with Gasteiger partial charge in [0, 0.05) is 22.6 Å². The first-order chi connectivity index (χ1) is 14.1. The molecule has 3 aromatic rings. The van der Waals surface area contributed by atoms with E-state index < -0.39 is 22.0 Å². The highest BCUT2D eigenvalue weighted by atomic mass is 32.2. The molecule has 30 heavy (non-hydrogen) atoms. The highest BCUT2D eigenvalue weighted by molar-refractivity contribution is 7.89. The van der Waals surface area contributed by atoms with Crippen LogP contribution in [0.5, 0.6) is 0 Å². The normalized spacial score (nSPS) is 12.7. The number of furan rings is 1. The fraction of sp³-hybridized carbons (Fsp3) is 0.273. The first kappa shape index (κ1) is 21.7. The summed E-state index contributed by atoms with van der Waals surface area (Å²) in [5, 5.41) is 0.521. The summed E-state index contributed by atoms with van der Waals surface area (Å²) < 4.78 is 39.0. The third-order valence-corrected chi connectivity index (χ3v) is 6.34. The van der Waals surface area contributed by atoms with Crippen LogP contribution in [0.4, 0.5) is 0 Å². The van der Waals surface area contributed by atoms with E-state index in [0.717, 1.165) is 0 Å². The Kier molecular flexibility index (Phi) is 6.09. The van der Waals surface area contributed by atoms with Gasteiger partial charge in [-0.25, -0.2) is 17.9 Å². The standard InChI is InChI=1S/C22H23NO6S/c1-5-28-22(25)21-13(2)19-12-18(9-10-20(19)29-21)30(26,27)23-14(3)16-7-6-8-17(11-16)15(4)24/h6-12,14,23H,5H2,1-4H3. The minimum absolute atomic E-state index is 0.0453. The summed E-state index contributed by atoms with van der Waals surface area (Å²) in [6, 6.07) is 10.7. The molecular formula is C22H23NO6S. The monoisotopic (exact) mass is 429 g/mol. The third-order valence-electron chi connectivity index (χ3n) is 4.80. The van der Waals surface area contributed by atoms with Gasteiger partial charge in [-0.1, -0.05) is 18.2 Å². The number of ether oxygens (including phenoxy) is 1. The third kappa shape index (κ3) is 4.29. The Morgan fingerprint density at radius 3 is 2.57 bits per heavy atom. The van der Waals surface area contributed by atoms with Crippen molar-refractivity contribution in [1.29, 1.82) is 0 Å². The summed E-state index contributed by atoms with van der Waals surface area (Å²) in [5.41, 5.74) is 2.11. The average Bonchev–Trinajstić information content (AvgIpc) is 3.04. The number of benzene rings is 2. The van der Waals surface area contributed by atoms with E-state index in [0.29, 0.717) is 27.7 Å². The maximum Gasteiger partial charge on any atom is 0.374 e. The zero-order chi connectivity index (χ0) is 22.1. The van der Waals surface area contributed by atoms with Gasteiger partial charge in [-0.2, -0.15) is 0 Å². The van der Waals surface area contributed by atoms with Crippen LogP contribution in [0.1, 0.15) is 58.9 Å². The van der Waals surface area contributed by atoms with Crippen molar-refractivity contribution in [1.82, 2.24) is 4.72 Å². The molecule has 0 bridgehead atoms. The van der Waals surface area contributed by atoms with Crippen LogP contribution in [0, 0.1) is 6.92 Å². The number of aryl methyl sites for hydroxylation is 1. The molecule has 0 aliphatic carbocycles. The van der Waals surface area contributed by atoms with Gasteiger partial charge in [0.05, 0.1) is 11.5 Å². The van der Waals surface area contributed by atoms with Crippen molar-refractivity contribution in [3.63, 3.8) is 0 Å². The number of esters is 1. The second-order valence-electron chi connectivity index (χ2n) is 6.96. The average molecular weight is 429 g/mol. The number of fused-ring (bicyclic) bond motifs is 1. The first-order valence-corrected chi connectivity index (χ1v) is 11.0. The Morgan fingerprint density at radius 2 is 1.90 bits per heavy atom. The van der Waals surface area contributed by atoms with E-state index >= 15 is 0 Å². The molecule has 158 valence electrons. The van der Waals surface area contributed by atoms with Gasteiger partial charge in [0.15, 0.2) is 5.78 Å². The highest BCUT2D eigenvalue weighted by Crippen LogP contribution is 2.29. The smallest absolute Gasteiger partial charge is 0.374 e. The molecule has 3 rings (SSSR count). The Balaban J connectivity index is 1.92. The van der Waals surface area contributed by atoms with Crippen molar-refractivity contribution in [2.24, 2.45) is 0 Å². The summed E-state index contributed by atoms with van der Waals surface area (Å²) >= 11 is 0. The molecule has 0 aliphatic heterocycles. The molecule has 0 fully saturated rings. The molecule has 0 radical (unpaired) electrons. The SMILES string of the molecule is CCOC(=O)c1oc2ccc(S(=O)(=O)NC(C)c3cccc(C(C)=O)c3)cc2c1C. The van der Waals surface area contributed by atoms with Crippen molar-refractivity contribution in [2.45, 2.75) is 38.6 Å². The van der Waals surface area contributed by atoms with E-state index in [1.54, 1.807) is 45.0 Å². The van der Waals surface area contributed by atoms with Gasteiger partial charge in [0.25, 0.3) is 0 Å². The molecule has 0 amide bonds. The summed E-state index contributed by atoms with van der Waals surface area (Å²) in [6.45, 7) is 6.75. The number of carbonyl (C=O) groups is 2. The molecular weight excluding hydrogens is 406 g/mol. The predicted molar refractivity (Wildman–Crippen MR) is 112 cm³/mol. The summed E-state index contributed by atoms with van der Waals surface area (Å²) in [6.07, 6.45) is 0. The number of nitrogens with one attached hydrogen (secondary N) is 1. The van der Waals surface area contributed by atoms with Crippen LogP contribution in [0.25, 0.3) is 11.0 Å². The Hall–Kier alpha value is -2.97. The highest BCUT2D eigenvalue weighted by Gasteiger charge is 2.23. The van der Waals surface area contributed by atoms with Crippen LogP contribution in [0.2, 0.25) is 0 Å². The predicted octanol–water partition coefficient (Wildman–Crippen LogP) is 4.16. The summed E-state index contributed by atoms with van der Waals surface area (Å²) in [4.78, 5) is 23.7. The quantitative estimate of drug-likeness (QED) is 0.447. The molecule has 1 aromatic heterocycles. The van der Waals surface area contributed by atoms with Gasteiger partial charge in [0.1, 0.15) is 5.58 Å². The lowest BCUT2D eigenvalue weighted by Gasteiger charge is -2.15. The number of sulfonamides is 1. The second-order valence-corrected chi connectivity index (χ2v) is 8.67. The number of carbonyl (C=O) groups excluding carboxylic acids is 2. The van der Waals surface area contributed by atoms with E-state index in [4.69, 9.17) is 9.15 Å². The van der Waals surface area contributed by atoms with Crippen LogP contribution in [0.3, 0.4) is 0 Å².